The second kappa shape index (κ2) is 3.64. The van der Waals surface area contributed by atoms with E-state index in [1.165, 1.54) is 11.8 Å². The average molecular weight is 232 g/mol. The van der Waals surface area contributed by atoms with Gasteiger partial charge < -0.3 is 9.40 Å². The van der Waals surface area contributed by atoms with E-state index in [0.717, 1.165) is 10.9 Å². The van der Waals surface area contributed by atoms with Gasteiger partial charge in [-0.3, -0.25) is 0 Å². The number of nitrogens with one attached hydrogen (secondary N) is 1. The summed E-state index contributed by atoms with van der Waals surface area (Å²) in [4.78, 5) is 16.0. The van der Waals surface area contributed by atoms with E-state index in [1.54, 1.807) is 12.5 Å². The van der Waals surface area contributed by atoms with E-state index in [1.807, 2.05) is 18.4 Å². The van der Waals surface area contributed by atoms with Crippen LogP contribution in [0.3, 0.4) is 0 Å². The summed E-state index contributed by atoms with van der Waals surface area (Å²) in [5.74, 6) is 1.86. The molecule has 0 radical (unpaired) electrons. The summed E-state index contributed by atoms with van der Waals surface area (Å²) in [5, 5.41) is 0.818. The molecule has 16 heavy (non-hydrogen) atoms. The maximum atomic E-state index is 5.24. The van der Waals surface area contributed by atoms with Crippen LogP contribution in [0.1, 0.15) is 0 Å². The number of hydrogen-bond donors (Lipinski definition) is 1. The van der Waals surface area contributed by atoms with Crippen LogP contribution in [-0.4, -0.2) is 26.2 Å². The molecule has 1 aromatic heterocycles. The Hall–Kier alpha value is -1.82. The minimum atomic E-state index is 0.569. The van der Waals surface area contributed by atoms with Gasteiger partial charge in [-0.2, -0.15) is 0 Å². The summed E-state index contributed by atoms with van der Waals surface area (Å²) >= 11 is 1.53. The number of thioether (sulfide) groups is 1. The Bertz CT molecular complexity index is 575. The predicted octanol–water partition coefficient (Wildman–Crippen LogP) is 2.29. The van der Waals surface area contributed by atoms with Crippen molar-refractivity contribution in [3.63, 3.8) is 0 Å². The van der Waals surface area contributed by atoms with E-state index in [-0.39, 0.29) is 0 Å². The summed E-state index contributed by atoms with van der Waals surface area (Å²) in [6.45, 7) is 0. The number of hydrogen-bond acceptors (Lipinski definition) is 5. The van der Waals surface area contributed by atoms with Crippen LogP contribution in [0.15, 0.2) is 34.2 Å². The Morgan fingerprint density at radius 1 is 1.25 bits per heavy atom. The van der Waals surface area contributed by atoms with Gasteiger partial charge in [0, 0.05) is 6.20 Å². The van der Waals surface area contributed by atoms with E-state index >= 15 is 0 Å². The van der Waals surface area contributed by atoms with Crippen LogP contribution in [-0.2, 0) is 0 Å². The van der Waals surface area contributed by atoms with Crippen molar-refractivity contribution in [1.29, 1.82) is 0 Å². The Morgan fingerprint density at radius 2 is 2.19 bits per heavy atom. The highest BCUT2D eigenvalue weighted by atomic mass is 32.2. The Morgan fingerprint density at radius 3 is 2.94 bits per heavy atom. The monoisotopic (exact) mass is 232 g/mol. The van der Waals surface area contributed by atoms with E-state index in [2.05, 4.69) is 19.9 Å². The minimum Gasteiger partial charge on any atom is -0.461 e. The number of imidazole rings is 1. The summed E-state index contributed by atoms with van der Waals surface area (Å²) < 4.78 is 5.24. The molecule has 0 atom stereocenters. The number of H-pyrrole nitrogens is 1. The van der Waals surface area contributed by atoms with Crippen LogP contribution in [0.4, 0.5) is 0 Å². The number of fused-ring (bicyclic) bond motifs is 1. The van der Waals surface area contributed by atoms with Gasteiger partial charge in [-0.05, 0) is 18.4 Å². The van der Waals surface area contributed by atoms with Crippen molar-refractivity contribution in [2.24, 2.45) is 0 Å². The van der Waals surface area contributed by atoms with Crippen LogP contribution in [0.2, 0.25) is 0 Å². The molecule has 0 spiro atoms. The van der Waals surface area contributed by atoms with Crippen molar-refractivity contribution in [2.45, 2.75) is 5.16 Å². The molecule has 2 aliphatic rings. The highest BCUT2D eigenvalue weighted by molar-refractivity contribution is 7.98. The highest BCUT2D eigenvalue weighted by Gasteiger charge is 2.15. The first kappa shape index (κ1) is 9.41. The van der Waals surface area contributed by atoms with Crippen molar-refractivity contribution < 1.29 is 4.42 Å². The quantitative estimate of drug-likeness (QED) is 0.542. The van der Waals surface area contributed by atoms with Crippen molar-refractivity contribution in [3.8, 4) is 23.1 Å². The van der Waals surface area contributed by atoms with Crippen LogP contribution in [0.25, 0.3) is 23.1 Å². The van der Waals surface area contributed by atoms with Gasteiger partial charge in [0.25, 0.3) is 0 Å². The zero-order chi connectivity index (χ0) is 11.0. The van der Waals surface area contributed by atoms with E-state index in [9.17, 15) is 0 Å². The fourth-order valence-electron chi connectivity index (χ4n) is 1.40. The van der Waals surface area contributed by atoms with E-state index in [0.29, 0.717) is 17.4 Å². The lowest BCUT2D eigenvalue weighted by molar-refractivity contribution is 0.578. The topological polar surface area (TPSA) is 67.6 Å². The number of aromatic amines is 1. The minimum absolute atomic E-state index is 0.569. The molecule has 0 amide bonds. The van der Waals surface area contributed by atoms with Crippen molar-refractivity contribution >= 4 is 11.8 Å². The van der Waals surface area contributed by atoms with Crippen molar-refractivity contribution in [1.82, 2.24) is 19.9 Å². The molecule has 5 nitrogen and oxygen atoms in total. The largest absolute Gasteiger partial charge is 0.461 e. The van der Waals surface area contributed by atoms with Gasteiger partial charge in [0.15, 0.2) is 22.6 Å². The van der Waals surface area contributed by atoms with Gasteiger partial charge >= 0.3 is 0 Å². The second-order valence-corrected chi connectivity index (χ2v) is 3.94. The molecule has 0 fully saturated rings. The molecule has 2 aliphatic heterocycles. The molecule has 6 heteroatoms. The lowest BCUT2D eigenvalue weighted by atomic mass is 10.4. The van der Waals surface area contributed by atoms with Gasteiger partial charge in [0.05, 0.1) is 6.26 Å². The van der Waals surface area contributed by atoms with Gasteiger partial charge in [-0.1, -0.05) is 11.8 Å². The molecule has 0 bridgehead atoms. The number of furan rings is 1. The Kier molecular flexibility index (Phi) is 2.14. The van der Waals surface area contributed by atoms with Gasteiger partial charge in [0.1, 0.15) is 5.69 Å². The van der Waals surface area contributed by atoms with Gasteiger partial charge in [-0.15, -0.1) is 0 Å². The molecule has 1 aromatic rings. The number of nitrogens with zero attached hydrogens (tertiary/aromatic N) is 3. The fourth-order valence-corrected chi connectivity index (χ4v) is 1.76. The number of rotatable bonds is 2. The summed E-state index contributed by atoms with van der Waals surface area (Å²) in [6.07, 6.45) is 5.35. The summed E-state index contributed by atoms with van der Waals surface area (Å²) in [6, 6.07) is 3.64. The van der Waals surface area contributed by atoms with E-state index in [4.69, 9.17) is 4.42 Å². The molecule has 80 valence electrons. The van der Waals surface area contributed by atoms with Crippen LogP contribution >= 0.6 is 11.8 Å². The van der Waals surface area contributed by atoms with Gasteiger partial charge in [-0.25, -0.2) is 15.0 Å². The standard InChI is InChI=1S/C10H8N4OS/c1-16-10-11-5-6-8(14-10)13-9(12-6)7-3-2-4-15-7/h2-5H,1H3,(H,11,12,13,14). The third-order valence-corrected chi connectivity index (χ3v) is 2.74. The molecule has 3 heterocycles. The first-order valence-electron chi connectivity index (χ1n) is 4.68. The Balaban J connectivity index is 2.13. The molecule has 1 N–H and O–H groups in total. The smallest absolute Gasteiger partial charge is 0.198 e. The van der Waals surface area contributed by atoms with E-state index < -0.39 is 0 Å². The zero-order valence-electron chi connectivity index (χ0n) is 8.47. The molecular weight excluding hydrogens is 224 g/mol. The molecule has 0 unspecified atom stereocenters. The normalized spacial score (nSPS) is 11.1. The Labute approximate surface area is 95.7 Å². The van der Waals surface area contributed by atoms with Crippen LogP contribution in [0, 0.1) is 0 Å². The third kappa shape index (κ3) is 1.47. The lowest BCUT2D eigenvalue weighted by Gasteiger charge is -1.97. The van der Waals surface area contributed by atoms with Crippen LogP contribution in [0.5, 0.6) is 0 Å². The van der Waals surface area contributed by atoms with Crippen LogP contribution < -0.4 is 0 Å². The first-order chi connectivity index (χ1) is 7.86. The SMILES string of the molecule is CSc1nc2nc(-c3ccco3)nc-2c[nH]1. The summed E-state index contributed by atoms with van der Waals surface area (Å²) in [7, 11) is 0. The molecule has 0 saturated carbocycles. The van der Waals surface area contributed by atoms with Crippen molar-refractivity contribution in [2.75, 3.05) is 6.26 Å². The average Bonchev–Trinajstić information content (AvgIpc) is 2.96. The molecule has 0 saturated heterocycles. The molecule has 0 aromatic carbocycles. The second-order valence-electron chi connectivity index (χ2n) is 3.14. The highest BCUT2D eigenvalue weighted by Crippen LogP contribution is 2.24. The molecule has 0 aliphatic carbocycles. The maximum absolute atomic E-state index is 5.24. The zero-order valence-corrected chi connectivity index (χ0v) is 9.28. The first-order valence-corrected chi connectivity index (χ1v) is 5.90. The van der Waals surface area contributed by atoms with Gasteiger partial charge in [0.2, 0.25) is 0 Å². The summed E-state index contributed by atoms with van der Waals surface area (Å²) in [5.41, 5.74) is 0.740. The lowest BCUT2D eigenvalue weighted by Crippen LogP contribution is -1.90. The fraction of sp³-hybridized carbons (Fsp3) is 0.100. The maximum Gasteiger partial charge on any atom is 0.198 e. The van der Waals surface area contributed by atoms with Crippen molar-refractivity contribution in [3.05, 3.63) is 24.6 Å². The number of aromatic nitrogens is 4. The predicted molar refractivity (Wildman–Crippen MR) is 60.3 cm³/mol. The third-order valence-electron chi connectivity index (χ3n) is 2.14. The molecular formula is C10H8N4OS. The molecule has 3 rings (SSSR count).